The number of ether oxygens (including phenoxy) is 1. The molecule has 0 atom stereocenters. The van der Waals surface area contributed by atoms with E-state index in [1.165, 1.54) is 11.3 Å². The molecule has 152 valence electrons. The molecule has 0 unspecified atom stereocenters. The van der Waals surface area contributed by atoms with Crippen molar-refractivity contribution >= 4 is 22.9 Å². The number of imidazole rings is 1. The average molecular weight is 419 g/mol. The summed E-state index contributed by atoms with van der Waals surface area (Å²) in [6.45, 7) is 3.19. The van der Waals surface area contributed by atoms with Crippen LogP contribution >= 0.6 is 11.3 Å². The van der Waals surface area contributed by atoms with Gasteiger partial charge in [-0.25, -0.2) is 4.98 Å². The van der Waals surface area contributed by atoms with E-state index in [1.54, 1.807) is 7.11 Å². The number of rotatable bonds is 4. The maximum absolute atomic E-state index is 12.8. The Balaban J connectivity index is 1.52. The lowest BCUT2D eigenvalue weighted by Gasteiger charge is -2.26. The lowest BCUT2D eigenvalue weighted by atomic mass is 10.1. The number of fused-ring (bicyclic) bond motifs is 1. The molecule has 1 aliphatic rings. The van der Waals surface area contributed by atoms with E-state index >= 15 is 0 Å². The van der Waals surface area contributed by atoms with Gasteiger partial charge in [0.25, 0.3) is 5.91 Å². The van der Waals surface area contributed by atoms with E-state index in [9.17, 15) is 4.79 Å². The van der Waals surface area contributed by atoms with Crippen molar-refractivity contribution in [3.63, 3.8) is 0 Å². The van der Waals surface area contributed by atoms with Gasteiger partial charge in [0.1, 0.15) is 5.65 Å². The minimum atomic E-state index is 0.0971. The summed E-state index contributed by atoms with van der Waals surface area (Å²) >= 11 is 1.48. The number of nitrogens with zero attached hydrogens (tertiary/aromatic N) is 3. The Morgan fingerprint density at radius 1 is 1.07 bits per heavy atom. The summed E-state index contributed by atoms with van der Waals surface area (Å²) in [7, 11) is 1.67. The van der Waals surface area contributed by atoms with Crippen LogP contribution in [0.15, 0.2) is 60.1 Å². The fraction of sp³-hybridized carbons (Fsp3) is 0.217. The zero-order valence-corrected chi connectivity index (χ0v) is 17.5. The number of nitrogens with one attached hydrogen (secondary N) is 1. The second-order valence-electron chi connectivity index (χ2n) is 7.23. The van der Waals surface area contributed by atoms with Gasteiger partial charge in [0.05, 0.1) is 23.9 Å². The molecule has 5 rings (SSSR count). The fourth-order valence-electron chi connectivity index (χ4n) is 3.84. The molecule has 0 aliphatic carbocycles. The molecule has 0 radical (unpaired) electrons. The van der Waals surface area contributed by atoms with Crippen LogP contribution in [0.5, 0.6) is 5.88 Å². The van der Waals surface area contributed by atoms with E-state index in [2.05, 4.69) is 28.5 Å². The van der Waals surface area contributed by atoms with Crippen LogP contribution in [-0.4, -0.2) is 53.5 Å². The lowest BCUT2D eigenvalue weighted by Crippen LogP contribution is -2.46. The molecule has 6 nitrogen and oxygen atoms in total. The van der Waals surface area contributed by atoms with Crippen molar-refractivity contribution in [2.45, 2.75) is 0 Å². The van der Waals surface area contributed by atoms with Gasteiger partial charge in [-0.05, 0) is 23.3 Å². The van der Waals surface area contributed by atoms with Crippen LogP contribution in [0.1, 0.15) is 9.67 Å². The molecule has 1 fully saturated rings. The molecule has 0 bridgehead atoms. The number of benzene rings is 1. The molecular formula is C23H22N4O2S. The largest absolute Gasteiger partial charge is 0.482 e. The molecule has 3 aromatic heterocycles. The average Bonchev–Trinajstić information content (AvgIpc) is 3.46. The van der Waals surface area contributed by atoms with E-state index in [-0.39, 0.29) is 5.91 Å². The smallest absolute Gasteiger partial charge is 0.264 e. The van der Waals surface area contributed by atoms with Gasteiger partial charge in [0, 0.05) is 43.2 Å². The van der Waals surface area contributed by atoms with Crippen molar-refractivity contribution < 1.29 is 9.53 Å². The second kappa shape index (κ2) is 7.93. The molecule has 0 spiro atoms. The molecule has 7 heteroatoms. The Morgan fingerprint density at radius 3 is 2.63 bits per heavy atom. The summed E-state index contributed by atoms with van der Waals surface area (Å²) in [6.07, 6.45) is 1.84. The number of thiophene rings is 1. The predicted molar refractivity (Wildman–Crippen MR) is 119 cm³/mol. The van der Waals surface area contributed by atoms with Crippen molar-refractivity contribution in [2.24, 2.45) is 0 Å². The van der Waals surface area contributed by atoms with Crippen LogP contribution in [0.2, 0.25) is 0 Å². The monoisotopic (exact) mass is 418 g/mol. The summed E-state index contributed by atoms with van der Waals surface area (Å²) < 4.78 is 7.70. The Kier molecular flexibility index (Phi) is 4.98. The van der Waals surface area contributed by atoms with Crippen molar-refractivity contribution in [2.75, 3.05) is 33.3 Å². The molecule has 0 saturated carbocycles. The third-order valence-electron chi connectivity index (χ3n) is 5.40. The summed E-state index contributed by atoms with van der Waals surface area (Å²) in [6, 6.07) is 16.2. The summed E-state index contributed by atoms with van der Waals surface area (Å²) in [4.78, 5) is 20.1. The zero-order valence-electron chi connectivity index (χ0n) is 16.7. The molecule has 1 saturated heterocycles. The van der Waals surface area contributed by atoms with Crippen molar-refractivity contribution in [1.29, 1.82) is 0 Å². The van der Waals surface area contributed by atoms with Gasteiger partial charge >= 0.3 is 0 Å². The SMILES string of the molecule is COc1cc(-c2ccccc2)cc2ncc(-c3csc(C(=O)N4CCNCC4)c3)n12. The van der Waals surface area contributed by atoms with Crippen molar-refractivity contribution in [1.82, 2.24) is 19.6 Å². The highest BCUT2D eigenvalue weighted by atomic mass is 32.1. The van der Waals surface area contributed by atoms with Gasteiger partial charge in [-0.1, -0.05) is 30.3 Å². The molecular weight excluding hydrogens is 396 g/mol. The van der Waals surface area contributed by atoms with Gasteiger partial charge in [0.15, 0.2) is 5.88 Å². The number of hydrogen-bond acceptors (Lipinski definition) is 5. The number of pyridine rings is 1. The topological polar surface area (TPSA) is 58.9 Å². The number of carbonyl (C=O) groups is 1. The Labute approximate surface area is 178 Å². The van der Waals surface area contributed by atoms with Crippen molar-refractivity contribution in [3.8, 4) is 28.3 Å². The van der Waals surface area contributed by atoms with Gasteiger partial charge in [-0.2, -0.15) is 0 Å². The summed E-state index contributed by atoms with van der Waals surface area (Å²) in [5, 5.41) is 5.30. The third kappa shape index (κ3) is 3.36. The Morgan fingerprint density at radius 2 is 1.87 bits per heavy atom. The Bertz CT molecular complexity index is 1190. The lowest BCUT2D eigenvalue weighted by molar-refractivity contribution is 0.0740. The van der Waals surface area contributed by atoms with Gasteiger partial charge in [0.2, 0.25) is 0 Å². The first-order valence-corrected chi connectivity index (χ1v) is 10.8. The molecule has 4 heterocycles. The highest BCUT2D eigenvalue weighted by molar-refractivity contribution is 7.12. The van der Waals surface area contributed by atoms with Crippen molar-refractivity contribution in [3.05, 3.63) is 65.0 Å². The first kappa shape index (κ1) is 18.8. The molecule has 1 N–H and O–H groups in total. The molecule has 1 amide bonds. The maximum Gasteiger partial charge on any atom is 0.264 e. The number of aromatic nitrogens is 2. The van der Waals surface area contributed by atoms with E-state index in [4.69, 9.17) is 4.74 Å². The second-order valence-corrected chi connectivity index (χ2v) is 8.14. The van der Waals surface area contributed by atoms with Gasteiger partial charge < -0.3 is 15.0 Å². The van der Waals surface area contributed by atoms with Crippen LogP contribution < -0.4 is 10.1 Å². The van der Waals surface area contributed by atoms with E-state index in [0.717, 1.165) is 59.1 Å². The van der Waals surface area contributed by atoms with Gasteiger partial charge in [-0.3, -0.25) is 9.20 Å². The number of carbonyl (C=O) groups excluding carboxylic acids is 1. The van der Waals surface area contributed by atoms with Gasteiger partial charge in [-0.15, -0.1) is 11.3 Å². The van der Waals surface area contributed by atoms with Crippen LogP contribution in [0.25, 0.3) is 28.0 Å². The summed E-state index contributed by atoms with van der Waals surface area (Å²) in [5.74, 6) is 0.805. The van der Waals surface area contributed by atoms with E-state index < -0.39 is 0 Å². The quantitative estimate of drug-likeness (QED) is 0.548. The molecule has 1 aliphatic heterocycles. The van der Waals surface area contributed by atoms with E-state index in [0.29, 0.717) is 5.88 Å². The van der Waals surface area contributed by atoms with Crippen LogP contribution in [0, 0.1) is 0 Å². The number of hydrogen-bond donors (Lipinski definition) is 1. The summed E-state index contributed by atoms with van der Waals surface area (Å²) in [5.41, 5.74) is 4.86. The van der Waals surface area contributed by atoms with Crippen LogP contribution in [-0.2, 0) is 0 Å². The predicted octanol–water partition coefficient (Wildman–Crippen LogP) is 3.78. The first-order chi connectivity index (χ1) is 14.7. The first-order valence-electron chi connectivity index (χ1n) is 9.94. The fourth-order valence-corrected chi connectivity index (χ4v) is 4.70. The highest BCUT2D eigenvalue weighted by Gasteiger charge is 2.21. The minimum absolute atomic E-state index is 0.0971. The highest BCUT2D eigenvalue weighted by Crippen LogP contribution is 2.33. The number of amides is 1. The maximum atomic E-state index is 12.8. The minimum Gasteiger partial charge on any atom is -0.482 e. The Hall–Kier alpha value is -3.16. The number of piperazine rings is 1. The molecule has 1 aromatic carbocycles. The molecule has 30 heavy (non-hydrogen) atoms. The van der Waals surface area contributed by atoms with Crippen LogP contribution in [0.3, 0.4) is 0 Å². The van der Waals surface area contributed by atoms with Crippen LogP contribution in [0.4, 0.5) is 0 Å². The standard InChI is InChI=1S/C23H22N4O2S/c1-29-22-13-17(16-5-3-2-4-6-16)12-21-25-14-19(27(21)22)18-11-20(30-15-18)23(28)26-9-7-24-8-10-26/h2-6,11-15,24H,7-10H2,1H3. The normalized spacial score (nSPS) is 14.2. The molecule has 4 aromatic rings. The van der Waals surface area contributed by atoms with E-state index in [1.807, 2.05) is 51.2 Å². The zero-order chi connectivity index (χ0) is 20.5. The third-order valence-corrected chi connectivity index (χ3v) is 6.32. The number of methoxy groups -OCH3 is 1.